The molecule has 2 aromatic rings. The molecule has 0 aromatic heterocycles. The number of hydrogen-bond acceptors (Lipinski definition) is 7. The molecule has 0 heterocycles. The molecule has 1 aliphatic rings. The Labute approximate surface area is 230 Å². The standard InChI is InChI=1S/C30H39N3O6/c1-2-31-19-27(34)32-25(18-28(35)38-20-23-13-5-3-6-14-23)29(36)33-26(17-22-11-9-10-12-22)30(37)39-21-24-15-7-4-8-16-24/h3-8,13-16,22,25-26,31H,2,9-12,17-21H2,1H3,(H,32,34)(H,33,36)/t25-,26-/m0/s1. The lowest BCUT2D eigenvalue weighted by Gasteiger charge is -2.24. The number of esters is 2. The number of likely N-dealkylation sites (N-methyl/N-ethyl adjacent to an activating group) is 1. The van der Waals surface area contributed by atoms with Gasteiger partial charge < -0.3 is 25.4 Å². The van der Waals surface area contributed by atoms with Gasteiger partial charge in [0.15, 0.2) is 0 Å². The van der Waals surface area contributed by atoms with Gasteiger partial charge in [0.25, 0.3) is 0 Å². The third-order valence-electron chi connectivity index (χ3n) is 6.67. The van der Waals surface area contributed by atoms with E-state index in [1.165, 1.54) is 0 Å². The van der Waals surface area contributed by atoms with Gasteiger partial charge in [0, 0.05) is 0 Å². The summed E-state index contributed by atoms with van der Waals surface area (Å²) in [5, 5.41) is 8.27. The highest BCUT2D eigenvalue weighted by molar-refractivity contribution is 5.93. The molecule has 1 saturated carbocycles. The van der Waals surface area contributed by atoms with Crippen molar-refractivity contribution in [3.8, 4) is 0 Å². The Balaban J connectivity index is 1.66. The summed E-state index contributed by atoms with van der Waals surface area (Å²) >= 11 is 0. The minimum Gasteiger partial charge on any atom is -0.461 e. The van der Waals surface area contributed by atoms with E-state index in [0.717, 1.165) is 36.8 Å². The number of hydrogen-bond donors (Lipinski definition) is 3. The molecule has 9 heteroatoms. The SMILES string of the molecule is CCNCC(=O)N[C@@H](CC(=O)OCc1ccccc1)C(=O)N[C@@H](CC1CCCC1)C(=O)OCc1ccccc1. The van der Waals surface area contributed by atoms with E-state index < -0.39 is 35.8 Å². The lowest BCUT2D eigenvalue weighted by Crippen LogP contribution is -2.54. The predicted octanol–water partition coefficient (Wildman–Crippen LogP) is 3.02. The van der Waals surface area contributed by atoms with E-state index in [-0.39, 0.29) is 32.1 Å². The smallest absolute Gasteiger partial charge is 0.328 e. The molecule has 2 aromatic carbocycles. The van der Waals surface area contributed by atoms with Crippen molar-refractivity contribution < 1.29 is 28.7 Å². The van der Waals surface area contributed by atoms with Crippen LogP contribution in [0.25, 0.3) is 0 Å². The zero-order chi connectivity index (χ0) is 27.9. The molecule has 0 aliphatic heterocycles. The van der Waals surface area contributed by atoms with Crippen LogP contribution >= 0.6 is 0 Å². The summed E-state index contributed by atoms with van der Waals surface area (Å²) in [6.07, 6.45) is 4.20. The van der Waals surface area contributed by atoms with E-state index in [9.17, 15) is 19.2 Å². The van der Waals surface area contributed by atoms with Crippen molar-refractivity contribution in [3.63, 3.8) is 0 Å². The second-order valence-electron chi connectivity index (χ2n) is 9.79. The molecular formula is C30H39N3O6. The van der Waals surface area contributed by atoms with Gasteiger partial charge in [0.05, 0.1) is 13.0 Å². The Morgan fingerprint density at radius 3 is 2.00 bits per heavy atom. The van der Waals surface area contributed by atoms with Crippen LogP contribution in [-0.2, 0) is 41.9 Å². The molecule has 39 heavy (non-hydrogen) atoms. The van der Waals surface area contributed by atoms with Crippen LogP contribution in [0.1, 0.15) is 56.6 Å². The van der Waals surface area contributed by atoms with Gasteiger partial charge in [-0.1, -0.05) is 93.3 Å². The second-order valence-corrected chi connectivity index (χ2v) is 9.79. The van der Waals surface area contributed by atoms with Gasteiger partial charge in [-0.05, 0) is 30.0 Å². The van der Waals surface area contributed by atoms with Crippen LogP contribution in [-0.4, -0.2) is 48.9 Å². The molecule has 1 fully saturated rings. The van der Waals surface area contributed by atoms with E-state index in [2.05, 4.69) is 16.0 Å². The first-order valence-electron chi connectivity index (χ1n) is 13.6. The second kappa shape index (κ2) is 16.3. The molecule has 0 spiro atoms. The predicted molar refractivity (Wildman–Crippen MR) is 146 cm³/mol. The molecule has 0 saturated heterocycles. The monoisotopic (exact) mass is 537 g/mol. The first-order valence-corrected chi connectivity index (χ1v) is 13.6. The maximum Gasteiger partial charge on any atom is 0.328 e. The lowest BCUT2D eigenvalue weighted by atomic mass is 9.98. The number of rotatable bonds is 15. The summed E-state index contributed by atoms with van der Waals surface area (Å²) in [5.41, 5.74) is 1.65. The quantitative estimate of drug-likeness (QED) is 0.299. The number of nitrogens with one attached hydrogen (secondary N) is 3. The van der Waals surface area contributed by atoms with Crippen molar-refractivity contribution in [2.45, 2.75) is 70.7 Å². The molecule has 9 nitrogen and oxygen atoms in total. The van der Waals surface area contributed by atoms with E-state index in [4.69, 9.17) is 9.47 Å². The molecule has 3 N–H and O–H groups in total. The Bertz CT molecular complexity index is 1060. The van der Waals surface area contributed by atoms with Gasteiger partial charge in [-0.3, -0.25) is 14.4 Å². The van der Waals surface area contributed by atoms with Crippen LogP contribution in [0, 0.1) is 5.92 Å². The zero-order valence-corrected chi connectivity index (χ0v) is 22.5. The maximum atomic E-state index is 13.4. The number of benzene rings is 2. The van der Waals surface area contributed by atoms with Gasteiger partial charge in [-0.15, -0.1) is 0 Å². The minimum atomic E-state index is -1.20. The summed E-state index contributed by atoms with van der Waals surface area (Å²) in [7, 11) is 0. The average Bonchev–Trinajstić information content (AvgIpc) is 3.47. The number of carbonyl (C=O) groups is 4. The normalized spacial score (nSPS) is 14.7. The highest BCUT2D eigenvalue weighted by Gasteiger charge is 2.32. The van der Waals surface area contributed by atoms with Crippen molar-refractivity contribution >= 4 is 23.8 Å². The molecule has 0 radical (unpaired) electrons. The molecule has 0 bridgehead atoms. The summed E-state index contributed by atoms with van der Waals surface area (Å²) < 4.78 is 10.9. The molecule has 2 atom stereocenters. The molecule has 210 valence electrons. The molecule has 0 unspecified atom stereocenters. The van der Waals surface area contributed by atoms with E-state index in [0.29, 0.717) is 13.0 Å². The van der Waals surface area contributed by atoms with Gasteiger partial charge in [0.2, 0.25) is 11.8 Å². The first kappa shape index (κ1) is 29.8. The van der Waals surface area contributed by atoms with Crippen LogP contribution in [0.3, 0.4) is 0 Å². The van der Waals surface area contributed by atoms with Crippen LogP contribution in [0.5, 0.6) is 0 Å². The first-order chi connectivity index (χ1) is 18.9. The van der Waals surface area contributed by atoms with Gasteiger partial charge in [0.1, 0.15) is 25.3 Å². The Morgan fingerprint density at radius 2 is 1.41 bits per heavy atom. The van der Waals surface area contributed by atoms with E-state index >= 15 is 0 Å². The fourth-order valence-electron chi connectivity index (χ4n) is 4.55. The van der Waals surface area contributed by atoms with Crippen molar-refractivity contribution in [2.75, 3.05) is 13.1 Å². The maximum absolute atomic E-state index is 13.4. The fourth-order valence-corrected chi connectivity index (χ4v) is 4.55. The molecule has 1 aliphatic carbocycles. The van der Waals surface area contributed by atoms with Crippen molar-refractivity contribution in [1.29, 1.82) is 0 Å². The lowest BCUT2D eigenvalue weighted by molar-refractivity contribution is -0.150. The number of amides is 2. The minimum absolute atomic E-state index is 0.00996. The highest BCUT2D eigenvalue weighted by atomic mass is 16.5. The van der Waals surface area contributed by atoms with Gasteiger partial charge in [-0.25, -0.2) is 4.79 Å². The topological polar surface area (TPSA) is 123 Å². The molecular weight excluding hydrogens is 498 g/mol. The van der Waals surface area contributed by atoms with Crippen LogP contribution in [0.2, 0.25) is 0 Å². The van der Waals surface area contributed by atoms with E-state index in [1.807, 2.05) is 67.6 Å². The molecule has 3 rings (SSSR count). The summed E-state index contributed by atoms with van der Waals surface area (Å²) in [6, 6.07) is 16.4. The number of ether oxygens (including phenoxy) is 2. The largest absolute Gasteiger partial charge is 0.461 e. The Hall–Kier alpha value is -3.72. The molecule has 2 amide bonds. The summed E-state index contributed by atoms with van der Waals surface area (Å²) in [6.45, 7) is 2.55. The summed E-state index contributed by atoms with van der Waals surface area (Å²) in [4.78, 5) is 51.5. The van der Waals surface area contributed by atoms with Crippen LogP contribution < -0.4 is 16.0 Å². The van der Waals surface area contributed by atoms with Crippen LogP contribution in [0.4, 0.5) is 0 Å². The average molecular weight is 538 g/mol. The fraction of sp³-hybridized carbons (Fsp3) is 0.467. The Morgan fingerprint density at radius 1 is 0.821 bits per heavy atom. The van der Waals surface area contributed by atoms with Crippen molar-refractivity contribution in [1.82, 2.24) is 16.0 Å². The van der Waals surface area contributed by atoms with Gasteiger partial charge >= 0.3 is 11.9 Å². The van der Waals surface area contributed by atoms with E-state index in [1.54, 1.807) is 0 Å². The highest BCUT2D eigenvalue weighted by Crippen LogP contribution is 2.29. The van der Waals surface area contributed by atoms with Crippen molar-refractivity contribution in [3.05, 3.63) is 71.8 Å². The Kier molecular flexibility index (Phi) is 12.5. The third kappa shape index (κ3) is 10.9. The zero-order valence-electron chi connectivity index (χ0n) is 22.5. The van der Waals surface area contributed by atoms with Crippen LogP contribution in [0.15, 0.2) is 60.7 Å². The summed E-state index contributed by atoms with van der Waals surface area (Å²) in [5.74, 6) is -1.95. The third-order valence-corrected chi connectivity index (χ3v) is 6.67. The van der Waals surface area contributed by atoms with Crippen molar-refractivity contribution in [2.24, 2.45) is 5.92 Å². The van der Waals surface area contributed by atoms with Gasteiger partial charge in [-0.2, -0.15) is 0 Å². The number of carbonyl (C=O) groups excluding carboxylic acids is 4.